The fraction of sp³-hybridized carbons (Fsp3) is 0.296. The van der Waals surface area contributed by atoms with Gasteiger partial charge >= 0.3 is 5.97 Å². The number of carbonyl (C=O) groups is 1. The van der Waals surface area contributed by atoms with E-state index in [1.165, 1.54) is 15.9 Å². The van der Waals surface area contributed by atoms with E-state index in [1.807, 2.05) is 44.2 Å². The van der Waals surface area contributed by atoms with Crippen molar-refractivity contribution in [3.8, 4) is 11.5 Å². The number of aromatic nitrogens is 1. The number of hydrogen-bond donors (Lipinski definition) is 0. The van der Waals surface area contributed by atoms with Crippen LogP contribution in [0, 0.1) is 0 Å². The minimum absolute atomic E-state index is 0.204. The van der Waals surface area contributed by atoms with Crippen LogP contribution in [0.3, 0.4) is 0 Å². The average Bonchev–Trinajstić information content (AvgIpc) is 3.15. The van der Waals surface area contributed by atoms with Gasteiger partial charge in [-0.3, -0.25) is 9.36 Å². The molecular weight excluding hydrogens is 500 g/mol. The number of ether oxygens (including phenoxy) is 3. The van der Waals surface area contributed by atoms with Gasteiger partial charge in [-0.2, -0.15) is 0 Å². The third kappa shape index (κ3) is 4.96. The van der Waals surface area contributed by atoms with Crippen LogP contribution >= 0.6 is 22.9 Å². The van der Waals surface area contributed by atoms with E-state index in [2.05, 4.69) is 4.99 Å². The van der Waals surface area contributed by atoms with Gasteiger partial charge in [0, 0.05) is 5.02 Å². The van der Waals surface area contributed by atoms with E-state index in [0.29, 0.717) is 55.9 Å². The van der Waals surface area contributed by atoms with Crippen molar-refractivity contribution in [1.82, 2.24) is 4.57 Å². The summed E-state index contributed by atoms with van der Waals surface area (Å²) in [5, 5.41) is 0.446. The number of allylic oxidation sites excluding steroid dienone is 1. The summed E-state index contributed by atoms with van der Waals surface area (Å²) >= 11 is 7.80. The number of hydrogen-bond acceptors (Lipinski definition) is 7. The lowest BCUT2D eigenvalue weighted by atomic mass is 9.96. The van der Waals surface area contributed by atoms with Crippen molar-refractivity contribution in [3.05, 3.63) is 89.6 Å². The SMILES string of the molecule is CCOC(=O)C1=C(C)N=c2s/c(=C\c3ccc(OCC)c(OCC)c3)c(=O)n2[C@H]1c1ccccc1Cl. The molecule has 3 aromatic rings. The number of esters is 1. The van der Waals surface area contributed by atoms with Gasteiger partial charge in [0.05, 0.1) is 35.6 Å². The highest BCUT2D eigenvalue weighted by Gasteiger charge is 2.34. The van der Waals surface area contributed by atoms with Crippen LogP contribution in [0.5, 0.6) is 11.5 Å². The molecular formula is C27H27ClN2O5S. The van der Waals surface area contributed by atoms with Crippen LogP contribution in [-0.4, -0.2) is 30.4 Å². The highest BCUT2D eigenvalue weighted by molar-refractivity contribution is 7.07. The number of carbonyl (C=O) groups excluding carboxylic acids is 1. The van der Waals surface area contributed by atoms with E-state index in [9.17, 15) is 9.59 Å². The standard InChI is InChI=1S/C27H27ClN2O5S/c1-5-33-20-13-12-17(14-21(20)34-6-2)15-22-25(31)30-24(18-10-8-9-11-19(18)28)23(26(32)35-7-3)16(4)29-27(30)36-22/h8-15,24H,5-7H2,1-4H3/b22-15-/t24-/m0/s1. The molecule has 7 nitrogen and oxygen atoms in total. The summed E-state index contributed by atoms with van der Waals surface area (Å²) in [6.45, 7) is 8.50. The third-order valence-corrected chi connectivity index (χ3v) is 6.91. The summed E-state index contributed by atoms with van der Waals surface area (Å²) in [7, 11) is 0. The van der Waals surface area contributed by atoms with Gasteiger partial charge in [-0.15, -0.1) is 0 Å². The van der Waals surface area contributed by atoms with Crippen LogP contribution in [0.25, 0.3) is 6.08 Å². The van der Waals surface area contributed by atoms with Gasteiger partial charge < -0.3 is 14.2 Å². The van der Waals surface area contributed by atoms with Crippen molar-refractivity contribution >= 4 is 35.0 Å². The fourth-order valence-electron chi connectivity index (χ4n) is 4.09. The number of halogens is 1. The molecule has 2 heterocycles. The quantitative estimate of drug-likeness (QED) is 0.410. The van der Waals surface area contributed by atoms with Crippen molar-refractivity contribution in [1.29, 1.82) is 0 Å². The van der Waals surface area contributed by atoms with Crippen LogP contribution in [0.2, 0.25) is 5.02 Å². The third-order valence-electron chi connectivity index (χ3n) is 5.58. The largest absolute Gasteiger partial charge is 0.490 e. The van der Waals surface area contributed by atoms with Crippen LogP contribution < -0.4 is 24.4 Å². The minimum Gasteiger partial charge on any atom is -0.490 e. The molecule has 0 amide bonds. The van der Waals surface area contributed by atoms with Gasteiger partial charge in [0.1, 0.15) is 6.04 Å². The Morgan fingerprint density at radius 2 is 1.81 bits per heavy atom. The van der Waals surface area contributed by atoms with Gasteiger partial charge in [0.15, 0.2) is 16.3 Å². The highest BCUT2D eigenvalue weighted by atomic mass is 35.5. The first-order valence-corrected chi connectivity index (χ1v) is 12.9. The number of fused-ring (bicyclic) bond motifs is 1. The first kappa shape index (κ1) is 25.7. The predicted octanol–water partition coefficient (Wildman–Crippen LogP) is 4.25. The maximum Gasteiger partial charge on any atom is 0.338 e. The minimum atomic E-state index is -0.754. The molecule has 1 aromatic heterocycles. The lowest BCUT2D eigenvalue weighted by Crippen LogP contribution is -2.40. The Labute approximate surface area is 217 Å². The summed E-state index contributed by atoms with van der Waals surface area (Å²) in [5.41, 5.74) is 1.92. The zero-order valence-corrected chi connectivity index (χ0v) is 22.1. The van der Waals surface area contributed by atoms with Crippen LogP contribution in [0.4, 0.5) is 0 Å². The molecule has 0 fully saturated rings. The smallest absolute Gasteiger partial charge is 0.338 e. The van der Waals surface area contributed by atoms with E-state index >= 15 is 0 Å². The summed E-state index contributed by atoms with van der Waals surface area (Å²) in [5.74, 6) is 0.729. The Bertz CT molecular complexity index is 1510. The second-order valence-corrected chi connectivity index (χ2v) is 9.31. The molecule has 1 aliphatic heterocycles. The Morgan fingerprint density at radius 1 is 1.08 bits per heavy atom. The molecule has 0 aliphatic carbocycles. The molecule has 0 spiro atoms. The van der Waals surface area contributed by atoms with Crippen LogP contribution in [0.1, 0.15) is 44.9 Å². The maximum atomic E-state index is 13.7. The van der Waals surface area contributed by atoms with E-state index in [-0.39, 0.29) is 12.2 Å². The molecule has 0 radical (unpaired) electrons. The first-order valence-electron chi connectivity index (χ1n) is 11.7. The molecule has 0 bridgehead atoms. The molecule has 4 rings (SSSR count). The molecule has 1 aliphatic rings. The number of nitrogens with zero attached hydrogens (tertiary/aromatic N) is 2. The van der Waals surface area contributed by atoms with E-state index < -0.39 is 12.0 Å². The van der Waals surface area contributed by atoms with E-state index in [1.54, 1.807) is 32.1 Å². The van der Waals surface area contributed by atoms with Crippen LogP contribution in [-0.2, 0) is 9.53 Å². The summed E-state index contributed by atoms with van der Waals surface area (Å²) in [4.78, 5) is 31.8. The monoisotopic (exact) mass is 526 g/mol. The van der Waals surface area contributed by atoms with Gasteiger partial charge in [-0.1, -0.05) is 47.2 Å². The van der Waals surface area contributed by atoms with Gasteiger partial charge in [-0.05, 0) is 63.1 Å². The second kappa shape index (κ2) is 11.1. The van der Waals surface area contributed by atoms with Gasteiger partial charge in [0.25, 0.3) is 5.56 Å². The molecule has 9 heteroatoms. The summed E-state index contributed by atoms with van der Waals surface area (Å²) in [6.07, 6.45) is 1.79. The van der Waals surface area contributed by atoms with Crippen molar-refractivity contribution in [3.63, 3.8) is 0 Å². The second-order valence-electron chi connectivity index (χ2n) is 7.90. The molecule has 1 atom stereocenters. The molecule has 0 saturated heterocycles. The average molecular weight is 527 g/mol. The summed E-state index contributed by atoms with van der Waals surface area (Å²) < 4.78 is 18.7. The lowest BCUT2D eigenvalue weighted by Gasteiger charge is -2.25. The van der Waals surface area contributed by atoms with E-state index in [0.717, 1.165) is 5.56 Å². The highest BCUT2D eigenvalue weighted by Crippen LogP contribution is 2.34. The number of benzene rings is 2. The Hall–Kier alpha value is -3.36. The molecule has 36 heavy (non-hydrogen) atoms. The van der Waals surface area contributed by atoms with Crippen molar-refractivity contribution in [2.24, 2.45) is 4.99 Å². The predicted molar refractivity (Wildman–Crippen MR) is 141 cm³/mol. The fourth-order valence-corrected chi connectivity index (χ4v) is 5.38. The Kier molecular flexibility index (Phi) is 7.96. The zero-order chi connectivity index (χ0) is 25.8. The Morgan fingerprint density at radius 3 is 2.50 bits per heavy atom. The lowest BCUT2D eigenvalue weighted by molar-refractivity contribution is -0.139. The van der Waals surface area contributed by atoms with Crippen molar-refractivity contribution in [2.75, 3.05) is 19.8 Å². The first-order chi connectivity index (χ1) is 17.4. The van der Waals surface area contributed by atoms with Gasteiger partial charge in [0.2, 0.25) is 0 Å². The zero-order valence-electron chi connectivity index (χ0n) is 20.5. The number of thiazole rings is 1. The maximum absolute atomic E-state index is 13.7. The normalized spacial score (nSPS) is 15.4. The number of rotatable bonds is 8. The van der Waals surface area contributed by atoms with Crippen LogP contribution in [0.15, 0.2) is 63.5 Å². The van der Waals surface area contributed by atoms with Crippen molar-refractivity contribution in [2.45, 2.75) is 33.7 Å². The molecule has 0 N–H and O–H groups in total. The molecule has 0 unspecified atom stereocenters. The topological polar surface area (TPSA) is 79.1 Å². The summed E-state index contributed by atoms with van der Waals surface area (Å²) in [6, 6.07) is 12.0. The molecule has 188 valence electrons. The van der Waals surface area contributed by atoms with Crippen molar-refractivity contribution < 1.29 is 19.0 Å². The van der Waals surface area contributed by atoms with E-state index in [4.69, 9.17) is 25.8 Å². The van der Waals surface area contributed by atoms with Gasteiger partial charge in [-0.25, -0.2) is 9.79 Å². The Balaban J connectivity index is 1.91. The molecule has 2 aromatic carbocycles. The molecule has 0 saturated carbocycles.